The summed E-state index contributed by atoms with van der Waals surface area (Å²) < 4.78 is 6.09. The van der Waals surface area contributed by atoms with Crippen LogP contribution < -0.4 is 10.4 Å². The van der Waals surface area contributed by atoms with Gasteiger partial charge in [-0.25, -0.2) is 0 Å². The minimum atomic E-state index is -0.755. The number of para-hydroxylation sites is 1. The first-order valence-corrected chi connectivity index (χ1v) is 8.07. The molecule has 4 heterocycles. The lowest BCUT2D eigenvalue weighted by molar-refractivity contribution is -0.142. The van der Waals surface area contributed by atoms with Crippen LogP contribution in [0.15, 0.2) is 24.3 Å². The van der Waals surface area contributed by atoms with Crippen molar-refractivity contribution in [3.63, 3.8) is 0 Å². The molecule has 1 N–H and O–H groups in total. The summed E-state index contributed by atoms with van der Waals surface area (Å²) in [6, 6.07) is 7.74. The van der Waals surface area contributed by atoms with Crippen LogP contribution in [0.1, 0.15) is 18.4 Å². The Morgan fingerprint density at radius 3 is 3.00 bits per heavy atom. The predicted octanol–water partition coefficient (Wildman–Crippen LogP) is 0.756. The van der Waals surface area contributed by atoms with Gasteiger partial charge in [-0.3, -0.25) is 14.4 Å². The van der Waals surface area contributed by atoms with Crippen LogP contribution in [0.5, 0.6) is 0 Å². The Hall–Kier alpha value is -1.92. The summed E-state index contributed by atoms with van der Waals surface area (Å²) in [6.45, 7) is 0.545. The summed E-state index contributed by atoms with van der Waals surface area (Å²) in [5, 5.41) is 4.47. The molecular weight excluding hydrogens is 296 g/mol. The molecule has 1 saturated carbocycles. The molecule has 2 amide bonds. The largest absolute Gasteiger partial charge is 0.376 e. The highest BCUT2D eigenvalue weighted by molar-refractivity contribution is 6.07. The summed E-state index contributed by atoms with van der Waals surface area (Å²) in [5.41, 5.74) is 0.990. The summed E-state index contributed by atoms with van der Waals surface area (Å²) in [5.74, 6) is 0.184. The van der Waals surface area contributed by atoms with E-state index in [0.29, 0.717) is 19.4 Å². The van der Waals surface area contributed by atoms with Crippen LogP contribution in [0.3, 0.4) is 0 Å². The molecule has 23 heavy (non-hydrogen) atoms. The molecule has 4 aliphatic heterocycles. The molecule has 4 bridgehead atoms. The van der Waals surface area contributed by atoms with Gasteiger partial charge in [0.25, 0.3) is 5.91 Å². The Balaban J connectivity index is 1.71. The number of anilines is 1. The molecule has 5 atom stereocenters. The number of ether oxygens (including phenoxy) is 1. The van der Waals surface area contributed by atoms with Crippen molar-refractivity contribution >= 4 is 17.5 Å². The molecule has 1 aromatic carbocycles. The number of rotatable bonds is 1. The van der Waals surface area contributed by atoms with Crippen LogP contribution in [-0.2, 0) is 24.6 Å². The second kappa shape index (κ2) is 4.33. The number of hydrogen-bond donors (Lipinski definition) is 1. The van der Waals surface area contributed by atoms with Crippen molar-refractivity contribution in [3.05, 3.63) is 29.8 Å². The maximum Gasteiger partial charge on any atom is 0.264 e. The first kappa shape index (κ1) is 13.5. The molecule has 3 saturated heterocycles. The van der Waals surface area contributed by atoms with E-state index in [1.807, 2.05) is 24.3 Å². The molecule has 6 nitrogen and oxygen atoms in total. The third-order valence-corrected chi connectivity index (χ3v) is 6.10. The fourth-order valence-electron chi connectivity index (χ4n) is 5.06. The summed E-state index contributed by atoms with van der Waals surface area (Å²) in [4.78, 5) is 30.8. The number of fused-ring (bicyclic) bond motifs is 2. The number of nitrogens with zero attached hydrogens (tertiary/aromatic N) is 1. The van der Waals surface area contributed by atoms with Crippen molar-refractivity contribution in [3.8, 4) is 0 Å². The lowest BCUT2D eigenvalue weighted by Gasteiger charge is -2.37. The number of carbonyl (C=O) groups excluding carboxylic acids is 2. The number of hydrogen-bond acceptors (Lipinski definition) is 4. The van der Waals surface area contributed by atoms with E-state index in [1.165, 1.54) is 12.2 Å². The second-order valence-electron chi connectivity index (χ2n) is 6.92. The van der Waals surface area contributed by atoms with E-state index >= 15 is 0 Å². The molecule has 2 unspecified atom stereocenters. The molecule has 0 radical (unpaired) electrons. The minimum absolute atomic E-state index is 0.00573. The highest BCUT2D eigenvalue weighted by Crippen LogP contribution is 2.55. The maximum absolute atomic E-state index is 13.3. The topological polar surface area (TPSA) is 67.9 Å². The Morgan fingerprint density at radius 2 is 2.17 bits per heavy atom. The monoisotopic (exact) mass is 314 g/mol. The van der Waals surface area contributed by atoms with Crippen LogP contribution in [0.2, 0.25) is 0 Å². The predicted molar refractivity (Wildman–Crippen MR) is 80.5 cm³/mol. The third-order valence-electron chi connectivity index (χ3n) is 6.10. The Bertz CT molecular complexity index is 720. The van der Waals surface area contributed by atoms with Gasteiger partial charge >= 0.3 is 0 Å². The second-order valence-corrected chi connectivity index (χ2v) is 6.92. The number of hydroxylamine groups is 1. The van der Waals surface area contributed by atoms with Gasteiger partial charge in [-0.2, -0.15) is 5.06 Å². The Labute approximate surface area is 133 Å². The van der Waals surface area contributed by atoms with Crippen LogP contribution in [0.25, 0.3) is 0 Å². The van der Waals surface area contributed by atoms with Crippen LogP contribution >= 0.6 is 0 Å². The first-order valence-electron chi connectivity index (χ1n) is 8.07. The molecule has 1 aliphatic carbocycles. The van der Waals surface area contributed by atoms with Gasteiger partial charge in [0.2, 0.25) is 5.91 Å². The standard InChI is InChI=1S/C17H18N2O4/c1-22-19-13-5-3-2-4-11(13)17(16(19)21)7-12-10-8-23-14(17)6-9(10)15(20)18-12/h2-5,9-10,12,14H,6-8H2,1H3,(H,18,20)/t9?,10?,12-,14+,17-/m0/s1. The van der Waals surface area contributed by atoms with Gasteiger partial charge in [-0.1, -0.05) is 18.2 Å². The number of benzene rings is 1. The Morgan fingerprint density at radius 1 is 1.35 bits per heavy atom. The quantitative estimate of drug-likeness (QED) is 0.831. The normalized spacial score (nSPS) is 40.5. The smallest absolute Gasteiger partial charge is 0.264 e. The number of carbonyl (C=O) groups is 2. The maximum atomic E-state index is 13.3. The van der Waals surface area contributed by atoms with Crippen molar-refractivity contribution in [2.24, 2.45) is 11.8 Å². The molecule has 6 rings (SSSR count). The zero-order chi connectivity index (χ0) is 15.8. The molecule has 0 aromatic heterocycles. The van der Waals surface area contributed by atoms with Crippen LogP contribution in [0.4, 0.5) is 5.69 Å². The van der Waals surface area contributed by atoms with Gasteiger partial charge in [-0.15, -0.1) is 0 Å². The van der Waals surface area contributed by atoms with E-state index in [1.54, 1.807) is 0 Å². The van der Waals surface area contributed by atoms with Gasteiger partial charge in [0.15, 0.2) is 0 Å². The molecule has 1 spiro atoms. The molecule has 120 valence electrons. The Kier molecular flexibility index (Phi) is 2.54. The van der Waals surface area contributed by atoms with E-state index in [0.717, 1.165) is 11.3 Å². The van der Waals surface area contributed by atoms with E-state index < -0.39 is 5.41 Å². The van der Waals surface area contributed by atoms with E-state index in [2.05, 4.69) is 5.32 Å². The number of amides is 2. The average Bonchev–Trinajstić information content (AvgIpc) is 2.88. The van der Waals surface area contributed by atoms with Crippen molar-refractivity contribution in [2.45, 2.75) is 30.4 Å². The third kappa shape index (κ3) is 1.46. The fraction of sp³-hybridized carbons (Fsp3) is 0.529. The highest BCUT2D eigenvalue weighted by atomic mass is 16.7. The lowest BCUT2D eigenvalue weighted by Crippen LogP contribution is -2.53. The van der Waals surface area contributed by atoms with E-state index in [-0.39, 0.29) is 35.8 Å². The summed E-state index contributed by atoms with van der Waals surface area (Å²) in [7, 11) is 1.51. The van der Waals surface area contributed by atoms with Gasteiger partial charge < -0.3 is 10.1 Å². The average molecular weight is 314 g/mol. The molecule has 5 aliphatic rings. The van der Waals surface area contributed by atoms with Gasteiger partial charge in [0.05, 0.1) is 25.5 Å². The van der Waals surface area contributed by atoms with Gasteiger partial charge in [-0.05, 0) is 24.5 Å². The molecule has 1 aromatic rings. The molecule has 4 fully saturated rings. The lowest BCUT2D eigenvalue weighted by atomic mass is 9.71. The van der Waals surface area contributed by atoms with Crippen molar-refractivity contribution < 1.29 is 19.2 Å². The van der Waals surface area contributed by atoms with Gasteiger partial charge in [0.1, 0.15) is 5.41 Å². The van der Waals surface area contributed by atoms with Gasteiger partial charge in [0, 0.05) is 17.9 Å². The summed E-state index contributed by atoms with van der Waals surface area (Å²) in [6.07, 6.45) is 0.916. The zero-order valence-corrected chi connectivity index (χ0v) is 12.8. The van der Waals surface area contributed by atoms with Crippen molar-refractivity contribution in [2.75, 3.05) is 18.8 Å². The SMILES string of the molecule is CON1C(=O)[C@@]2(C[C@@H]3NC(=O)C4C[C@H]2OCC43)c2ccccc21. The first-order chi connectivity index (χ1) is 11.2. The molecule has 6 heteroatoms. The van der Waals surface area contributed by atoms with E-state index in [4.69, 9.17) is 9.57 Å². The molecular formula is C17H18N2O4. The van der Waals surface area contributed by atoms with E-state index in [9.17, 15) is 9.59 Å². The fourth-order valence-corrected chi connectivity index (χ4v) is 5.06. The van der Waals surface area contributed by atoms with Crippen molar-refractivity contribution in [1.82, 2.24) is 5.32 Å². The minimum Gasteiger partial charge on any atom is -0.376 e. The van der Waals surface area contributed by atoms with Crippen LogP contribution in [-0.4, -0.2) is 37.7 Å². The summed E-state index contributed by atoms with van der Waals surface area (Å²) >= 11 is 0. The highest BCUT2D eigenvalue weighted by Gasteiger charge is 2.65. The zero-order valence-electron chi connectivity index (χ0n) is 12.8. The number of nitrogens with one attached hydrogen (secondary N) is 1. The van der Waals surface area contributed by atoms with Crippen LogP contribution in [0, 0.1) is 11.8 Å². The van der Waals surface area contributed by atoms with Crippen molar-refractivity contribution in [1.29, 1.82) is 0 Å².